The number of benzene rings is 6. The fourth-order valence-corrected chi connectivity index (χ4v) is 5.26. The zero-order valence-corrected chi connectivity index (χ0v) is 18.1. The monoisotopic (exact) mass is 419 g/mol. The smallest absolute Gasteiger partial charge is 0.0619 e. The summed E-state index contributed by atoms with van der Waals surface area (Å²) in [6, 6.07) is 46.0. The largest absolute Gasteiger partial charge is 0.309 e. The SMILES string of the molecule is c1ccc(-c2cc3c4ccccc4n(-c4ccc5ccccc5c4)c3c3ccccc23)cc1. The van der Waals surface area contributed by atoms with Crippen molar-refractivity contribution >= 4 is 43.4 Å². The highest BCUT2D eigenvalue weighted by molar-refractivity contribution is 6.22. The van der Waals surface area contributed by atoms with Crippen LogP contribution in [0.1, 0.15) is 0 Å². The number of rotatable bonds is 2. The molecule has 7 rings (SSSR count). The summed E-state index contributed by atoms with van der Waals surface area (Å²) >= 11 is 0. The van der Waals surface area contributed by atoms with E-state index in [-0.39, 0.29) is 0 Å². The van der Waals surface area contributed by atoms with E-state index in [4.69, 9.17) is 0 Å². The highest BCUT2D eigenvalue weighted by Crippen LogP contribution is 2.41. The van der Waals surface area contributed by atoms with E-state index in [9.17, 15) is 0 Å². The number of fused-ring (bicyclic) bond motifs is 6. The minimum Gasteiger partial charge on any atom is -0.309 e. The Morgan fingerprint density at radius 1 is 0.424 bits per heavy atom. The van der Waals surface area contributed by atoms with Crippen molar-refractivity contribution in [3.8, 4) is 16.8 Å². The first-order valence-corrected chi connectivity index (χ1v) is 11.4. The Kier molecular flexibility index (Phi) is 3.91. The van der Waals surface area contributed by atoms with E-state index >= 15 is 0 Å². The van der Waals surface area contributed by atoms with Gasteiger partial charge in [-0.1, -0.05) is 103 Å². The van der Waals surface area contributed by atoms with E-state index in [1.54, 1.807) is 0 Å². The Bertz CT molecular complexity index is 1810. The Morgan fingerprint density at radius 3 is 1.94 bits per heavy atom. The van der Waals surface area contributed by atoms with Crippen LogP contribution in [0.15, 0.2) is 127 Å². The number of para-hydroxylation sites is 1. The maximum Gasteiger partial charge on any atom is 0.0619 e. The van der Waals surface area contributed by atoms with Crippen molar-refractivity contribution in [2.45, 2.75) is 0 Å². The van der Waals surface area contributed by atoms with E-state index in [2.05, 4.69) is 132 Å². The molecular formula is C32H21N. The molecular weight excluding hydrogens is 398 g/mol. The quantitative estimate of drug-likeness (QED) is 0.264. The van der Waals surface area contributed by atoms with Crippen LogP contribution in [-0.2, 0) is 0 Å². The van der Waals surface area contributed by atoms with Gasteiger partial charge in [0.05, 0.1) is 11.0 Å². The average molecular weight is 420 g/mol. The van der Waals surface area contributed by atoms with Gasteiger partial charge in [0.15, 0.2) is 0 Å². The van der Waals surface area contributed by atoms with Gasteiger partial charge in [-0.2, -0.15) is 0 Å². The summed E-state index contributed by atoms with van der Waals surface area (Å²) in [4.78, 5) is 0. The molecule has 6 aromatic carbocycles. The van der Waals surface area contributed by atoms with E-state index in [1.165, 1.54) is 60.2 Å². The molecule has 1 heterocycles. The molecule has 1 heteroatoms. The molecule has 0 spiro atoms. The zero-order valence-electron chi connectivity index (χ0n) is 18.1. The van der Waals surface area contributed by atoms with Crippen LogP contribution in [0.4, 0.5) is 0 Å². The van der Waals surface area contributed by atoms with Gasteiger partial charge in [0.25, 0.3) is 0 Å². The van der Waals surface area contributed by atoms with E-state index < -0.39 is 0 Å². The molecule has 1 nitrogen and oxygen atoms in total. The lowest BCUT2D eigenvalue weighted by molar-refractivity contribution is 1.19. The van der Waals surface area contributed by atoms with E-state index in [0.29, 0.717) is 0 Å². The van der Waals surface area contributed by atoms with Crippen LogP contribution in [0.25, 0.3) is 60.2 Å². The van der Waals surface area contributed by atoms with Crippen molar-refractivity contribution in [3.05, 3.63) is 127 Å². The van der Waals surface area contributed by atoms with Crippen LogP contribution >= 0.6 is 0 Å². The van der Waals surface area contributed by atoms with E-state index in [1.807, 2.05) is 0 Å². The Hall–Kier alpha value is -4.36. The highest BCUT2D eigenvalue weighted by Gasteiger charge is 2.17. The number of aromatic nitrogens is 1. The molecule has 0 N–H and O–H groups in total. The average Bonchev–Trinajstić information content (AvgIpc) is 3.23. The Labute approximate surface area is 192 Å². The second-order valence-corrected chi connectivity index (χ2v) is 8.62. The second-order valence-electron chi connectivity index (χ2n) is 8.62. The van der Waals surface area contributed by atoms with Crippen molar-refractivity contribution in [1.82, 2.24) is 4.57 Å². The Balaban J connectivity index is 1.67. The molecule has 0 amide bonds. The molecule has 0 saturated carbocycles. The fourth-order valence-electron chi connectivity index (χ4n) is 5.26. The molecule has 0 atom stereocenters. The summed E-state index contributed by atoms with van der Waals surface area (Å²) in [5, 5.41) is 7.64. The summed E-state index contributed by atoms with van der Waals surface area (Å²) in [5.41, 5.74) is 6.22. The molecule has 0 aliphatic heterocycles. The molecule has 154 valence electrons. The van der Waals surface area contributed by atoms with Crippen LogP contribution in [0.2, 0.25) is 0 Å². The maximum absolute atomic E-state index is 2.44. The molecule has 0 bridgehead atoms. The second kappa shape index (κ2) is 7.08. The van der Waals surface area contributed by atoms with Gasteiger partial charge in [0.2, 0.25) is 0 Å². The van der Waals surface area contributed by atoms with Crippen LogP contribution < -0.4 is 0 Å². The fraction of sp³-hybridized carbons (Fsp3) is 0. The first-order chi connectivity index (χ1) is 16.4. The van der Waals surface area contributed by atoms with Gasteiger partial charge in [-0.15, -0.1) is 0 Å². The predicted octanol–water partition coefficient (Wildman–Crippen LogP) is 8.76. The molecule has 0 unspecified atom stereocenters. The summed E-state index contributed by atoms with van der Waals surface area (Å²) in [6.07, 6.45) is 0. The molecule has 33 heavy (non-hydrogen) atoms. The molecule has 0 aliphatic rings. The lowest BCUT2D eigenvalue weighted by Crippen LogP contribution is -1.95. The van der Waals surface area contributed by atoms with Gasteiger partial charge in [0.1, 0.15) is 0 Å². The highest BCUT2D eigenvalue weighted by atomic mass is 15.0. The third kappa shape index (κ3) is 2.73. The van der Waals surface area contributed by atoms with Gasteiger partial charge in [-0.25, -0.2) is 0 Å². The molecule has 0 saturated heterocycles. The number of hydrogen-bond acceptors (Lipinski definition) is 0. The van der Waals surface area contributed by atoms with Crippen LogP contribution in [0.3, 0.4) is 0 Å². The summed E-state index contributed by atoms with van der Waals surface area (Å²) in [5.74, 6) is 0. The van der Waals surface area contributed by atoms with Crippen molar-refractivity contribution in [2.24, 2.45) is 0 Å². The summed E-state index contributed by atoms with van der Waals surface area (Å²) in [7, 11) is 0. The van der Waals surface area contributed by atoms with Crippen molar-refractivity contribution in [3.63, 3.8) is 0 Å². The zero-order chi connectivity index (χ0) is 21.8. The maximum atomic E-state index is 2.44. The lowest BCUT2D eigenvalue weighted by atomic mass is 9.95. The number of hydrogen-bond donors (Lipinski definition) is 0. The van der Waals surface area contributed by atoms with Crippen LogP contribution in [-0.4, -0.2) is 4.57 Å². The van der Waals surface area contributed by atoms with Crippen molar-refractivity contribution in [1.29, 1.82) is 0 Å². The summed E-state index contributed by atoms with van der Waals surface area (Å²) < 4.78 is 2.44. The van der Waals surface area contributed by atoms with Crippen molar-refractivity contribution in [2.75, 3.05) is 0 Å². The normalized spacial score (nSPS) is 11.6. The van der Waals surface area contributed by atoms with Gasteiger partial charge in [0, 0.05) is 21.8 Å². The molecule has 1 aromatic heterocycles. The topological polar surface area (TPSA) is 4.93 Å². The van der Waals surface area contributed by atoms with Crippen LogP contribution in [0, 0.1) is 0 Å². The van der Waals surface area contributed by atoms with Gasteiger partial charge >= 0.3 is 0 Å². The molecule has 0 radical (unpaired) electrons. The van der Waals surface area contributed by atoms with Crippen molar-refractivity contribution < 1.29 is 0 Å². The Morgan fingerprint density at radius 2 is 1.09 bits per heavy atom. The third-order valence-corrected chi connectivity index (χ3v) is 6.75. The van der Waals surface area contributed by atoms with Gasteiger partial charge in [-0.3, -0.25) is 0 Å². The van der Waals surface area contributed by atoms with Gasteiger partial charge < -0.3 is 4.57 Å². The minimum absolute atomic E-state index is 1.19. The standard InChI is InChI=1S/C32H21N/c1-2-11-23(12-3-1)29-21-30-27-15-8-9-17-31(27)33(32(30)28-16-7-6-14-26(28)29)25-19-18-22-10-4-5-13-24(22)20-25/h1-21H. The number of nitrogens with zero attached hydrogens (tertiary/aromatic N) is 1. The van der Waals surface area contributed by atoms with Crippen LogP contribution in [0.5, 0.6) is 0 Å². The summed E-state index contributed by atoms with van der Waals surface area (Å²) in [6.45, 7) is 0. The molecule has 7 aromatic rings. The molecule has 0 aliphatic carbocycles. The van der Waals surface area contributed by atoms with Gasteiger partial charge in [-0.05, 0) is 51.6 Å². The minimum atomic E-state index is 1.19. The molecule has 0 fully saturated rings. The predicted molar refractivity (Wildman–Crippen MR) is 141 cm³/mol. The van der Waals surface area contributed by atoms with E-state index in [0.717, 1.165) is 0 Å². The first-order valence-electron chi connectivity index (χ1n) is 11.4. The first kappa shape index (κ1) is 18.2. The third-order valence-electron chi connectivity index (χ3n) is 6.75. The lowest BCUT2D eigenvalue weighted by Gasteiger charge is -2.13.